The van der Waals surface area contributed by atoms with E-state index in [9.17, 15) is 4.79 Å². The van der Waals surface area contributed by atoms with Crippen molar-refractivity contribution < 1.29 is 4.79 Å². The third-order valence-electron chi connectivity index (χ3n) is 2.14. The monoisotopic (exact) mass is 192 g/mol. The van der Waals surface area contributed by atoms with Crippen LogP contribution in [-0.2, 0) is 0 Å². The Balaban J connectivity index is 2.89. The first kappa shape index (κ1) is 10.7. The third kappa shape index (κ3) is 2.33. The minimum Gasteiger partial charge on any atom is -0.280 e. The molecule has 0 bridgehead atoms. The lowest BCUT2D eigenvalue weighted by atomic mass is 10.0. The zero-order valence-corrected chi connectivity index (χ0v) is 8.82. The average Bonchev–Trinajstić information content (AvgIpc) is 2.16. The standard InChI is InChI=1S/C11H16N2O/c1-8(2)9-4-6-10(7-5-9)11(14)13(3)12/h4-8H,12H2,1-3H3. The number of amides is 1. The number of nitrogens with two attached hydrogens (primary N) is 1. The van der Waals surface area contributed by atoms with E-state index in [0.29, 0.717) is 11.5 Å². The summed E-state index contributed by atoms with van der Waals surface area (Å²) in [5.74, 6) is 5.66. The maximum atomic E-state index is 11.4. The van der Waals surface area contributed by atoms with Gasteiger partial charge in [-0.15, -0.1) is 0 Å². The van der Waals surface area contributed by atoms with Crippen molar-refractivity contribution in [3.8, 4) is 0 Å². The molecule has 0 atom stereocenters. The van der Waals surface area contributed by atoms with Crippen LogP contribution in [0.3, 0.4) is 0 Å². The summed E-state index contributed by atoms with van der Waals surface area (Å²) in [7, 11) is 1.54. The second-order valence-corrected chi connectivity index (χ2v) is 3.69. The predicted octanol–water partition coefficient (Wildman–Crippen LogP) is 1.76. The molecule has 1 rings (SSSR count). The van der Waals surface area contributed by atoms with Crippen molar-refractivity contribution in [2.24, 2.45) is 5.84 Å². The minimum absolute atomic E-state index is 0.166. The fraction of sp³-hybridized carbons (Fsp3) is 0.364. The second kappa shape index (κ2) is 4.24. The maximum absolute atomic E-state index is 11.4. The van der Waals surface area contributed by atoms with Crippen molar-refractivity contribution in [3.63, 3.8) is 0 Å². The molecule has 14 heavy (non-hydrogen) atoms. The van der Waals surface area contributed by atoms with Crippen LogP contribution in [0.1, 0.15) is 35.7 Å². The zero-order valence-electron chi connectivity index (χ0n) is 8.82. The molecule has 0 aliphatic rings. The SMILES string of the molecule is CC(C)c1ccc(C(=O)N(C)N)cc1. The molecule has 0 aromatic heterocycles. The van der Waals surface area contributed by atoms with Crippen LogP contribution in [0.5, 0.6) is 0 Å². The molecule has 0 spiro atoms. The molecule has 76 valence electrons. The Morgan fingerprint density at radius 3 is 2.14 bits per heavy atom. The van der Waals surface area contributed by atoms with E-state index in [0.717, 1.165) is 5.01 Å². The second-order valence-electron chi connectivity index (χ2n) is 3.69. The number of benzene rings is 1. The molecule has 1 aromatic carbocycles. The van der Waals surface area contributed by atoms with E-state index in [-0.39, 0.29) is 5.91 Å². The maximum Gasteiger partial charge on any atom is 0.267 e. The summed E-state index contributed by atoms with van der Waals surface area (Å²) < 4.78 is 0. The van der Waals surface area contributed by atoms with Gasteiger partial charge in [0.15, 0.2) is 0 Å². The van der Waals surface area contributed by atoms with E-state index >= 15 is 0 Å². The normalized spacial score (nSPS) is 10.4. The number of carbonyl (C=O) groups excluding carboxylic acids is 1. The molecular formula is C11H16N2O. The van der Waals surface area contributed by atoms with Crippen LogP contribution in [0.15, 0.2) is 24.3 Å². The summed E-state index contributed by atoms with van der Waals surface area (Å²) in [4.78, 5) is 11.4. The van der Waals surface area contributed by atoms with Gasteiger partial charge in [0.1, 0.15) is 0 Å². The summed E-state index contributed by atoms with van der Waals surface area (Å²) in [6.07, 6.45) is 0. The highest BCUT2D eigenvalue weighted by Gasteiger charge is 2.08. The summed E-state index contributed by atoms with van der Waals surface area (Å²) in [5.41, 5.74) is 1.85. The lowest BCUT2D eigenvalue weighted by Crippen LogP contribution is -2.33. The van der Waals surface area contributed by atoms with Gasteiger partial charge >= 0.3 is 0 Å². The molecule has 2 N–H and O–H groups in total. The molecule has 1 amide bonds. The molecule has 3 nitrogen and oxygen atoms in total. The fourth-order valence-electron chi connectivity index (χ4n) is 1.21. The average molecular weight is 192 g/mol. The number of hydrogen-bond donors (Lipinski definition) is 1. The van der Waals surface area contributed by atoms with Gasteiger partial charge in [0, 0.05) is 12.6 Å². The Kier molecular flexibility index (Phi) is 3.25. The number of hydrazine groups is 1. The van der Waals surface area contributed by atoms with Gasteiger partial charge in [0.25, 0.3) is 5.91 Å². The molecule has 0 heterocycles. The molecule has 3 heteroatoms. The van der Waals surface area contributed by atoms with Gasteiger partial charge in [0.2, 0.25) is 0 Å². The Morgan fingerprint density at radius 1 is 1.29 bits per heavy atom. The molecule has 0 unspecified atom stereocenters. The first-order valence-electron chi connectivity index (χ1n) is 4.65. The van der Waals surface area contributed by atoms with Crippen molar-refractivity contribution >= 4 is 5.91 Å². The van der Waals surface area contributed by atoms with E-state index in [4.69, 9.17) is 5.84 Å². The van der Waals surface area contributed by atoms with Crippen LogP contribution in [0.4, 0.5) is 0 Å². The van der Waals surface area contributed by atoms with Crippen molar-refractivity contribution in [1.82, 2.24) is 5.01 Å². The third-order valence-corrected chi connectivity index (χ3v) is 2.14. The van der Waals surface area contributed by atoms with E-state index in [1.165, 1.54) is 5.56 Å². The van der Waals surface area contributed by atoms with Crippen LogP contribution in [0.25, 0.3) is 0 Å². The smallest absolute Gasteiger partial charge is 0.267 e. The van der Waals surface area contributed by atoms with Crippen molar-refractivity contribution in [3.05, 3.63) is 35.4 Å². The Labute approximate surface area is 84.5 Å². The summed E-state index contributed by atoms with van der Waals surface area (Å²) >= 11 is 0. The van der Waals surface area contributed by atoms with Crippen LogP contribution < -0.4 is 5.84 Å². The van der Waals surface area contributed by atoms with Crippen LogP contribution in [0.2, 0.25) is 0 Å². The highest BCUT2D eigenvalue weighted by molar-refractivity contribution is 5.93. The number of carbonyl (C=O) groups is 1. The highest BCUT2D eigenvalue weighted by Crippen LogP contribution is 2.14. The molecule has 0 aliphatic carbocycles. The fourth-order valence-corrected chi connectivity index (χ4v) is 1.21. The van der Waals surface area contributed by atoms with Gasteiger partial charge in [-0.2, -0.15) is 0 Å². The zero-order chi connectivity index (χ0) is 10.7. The Bertz CT molecular complexity index is 315. The van der Waals surface area contributed by atoms with Gasteiger partial charge in [0.05, 0.1) is 0 Å². The van der Waals surface area contributed by atoms with E-state index < -0.39 is 0 Å². The van der Waals surface area contributed by atoms with Crippen LogP contribution >= 0.6 is 0 Å². The number of nitrogens with zero attached hydrogens (tertiary/aromatic N) is 1. The van der Waals surface area contributed by atoms with Gasteiger partial charge in [-0.1, -0.05) is 26.0 Å². The van der Waals surface area contributed by atoms with E-state index in [2.05, 4.69) is 13.8 Å². The van der Waals surface area contributed by atoms with Gasteiger partial charge in [-0.3, -0.25) is 9.80 Å². The van der Waals surface area contributed by atoms with E-state index in [1.54, 1.807) is 19.2 Å². The number of rotatable bonds is 2. The molecular weight excluding hydrogens is 176 g/mol. The van der Waals surface area contributed by atoms with Crippen molar-refractivity contribution in [1.29, 1.82) is 0 Å². The van der Waals surface area contributed by atoms with Gasteiger partial charge < -0.3 is 0 Å². The summed E-state index contributed by atoms with van der Waals surface area (Å²) in [6.45, 7) is 4.23. The highest BCUT2D eigenvalue weighted by atomic mass is 16.2. The molecule has 0 saturated carbocycles. The van der Waals surface area contributed by atoms with Crippen LogP contribution in [0, 0.1) is 0 Å². The number of hydrogen-bond acceptors (Lipinski definition) is 2. The lowest BCUT2D eigenvalue weighted by Gasteiger charge is -2.11. The Morgan fingerprint density at radius 2 is 1.79 bits per heavy atom. The predicted molar refractivity (Wildman–Crippen MR) is 56.8 cm³/mol. The van der Waals surface area contributed by atoms with Crippen molar-refractivity contribution in [2.75, 3.05) is 7.05 Å². The summed E-state index contributed by atoms with van der Waals surface area (Å²) in [5, 5.41) is 1.09. The van der Waals surface area contributed by atoms with Crippen molar-refractivity contribution in [2.45, 2.75) is 19.8 Å². The topological polar surface area (TPSA) is 46.3 Å². The molecule has 0 aliphatic heterocycles. The van der Waals surface area contributed by atoms with Gasteiger partial charge in [-0.05, 0) is 23.6 Å². The first-order valence-corrected chi connectivity index (χ1v) is 4.65. The van der Waals surface area contributed by atoms with Crippen LogP contribution in [-0.4, -0.2) is 18.0 Å². The summed E-state index contributed by atoms with van der Waals surface area (Å²) in [6, 6.07) is 7.53. The first-order chi connectivity index (χ1) is 6.52. The largest absolute Gasteiger partial charge is 0.280 e. The lowest BCUT2D eigenvalue weighted by molar-refractivity contribution is 0.0795. The van der Waals surface area contributed by atoms with Gasteiger partial charge in [-0.25, -0.2) is 5.84 Å². The quantitative estimate of drug-likeness (QED) is 0.441. The molecule has 0 saturated heterocycles. The minimum atomic E-state index is -0.166. The molecule has 1 aromatic rings. The molecule has 0 radical (unpaired) electrons. The Hall–Kier alpha value is -1.35. The molecule has 0 fully saturated rings. The van der Waals surface area contributed by atoms with E-state index in [1.807, 2.05) is 12.1 Å².